The smallest absolute Gasteiger partial charge is 0.223 e. The standard InChI is InChI=1S/C22H18N6O2/c1-11-3-4-16(29)12(2)19(11)28-20(23)18-17-15(25-10-26-21(17)28)9-14(27-22(18)30)13-5-7-24-8-6-13/h3-10,23,29-30H,1-2H3,(H,25,26). The summed E-state index contributed by atoms with van der Waals surface area (Å²) in [5.41, 5.74) is 4.72. The minimum absolute atomic E-state index is 0.0424. The summed E-state index contributed by atoms with van der Waals surface area (Å²) in [6.07, 6.45) is 4.86. The van der Waals surface area contributed by atoms with E-state index < -0.39 is 0 Å². The first-order valence-electron chi connectivity index (χ1n) is 9.33. The third-order valence-corrected chi connectivity index (χ3v) is 5.36. The van der Waals surface area contributed by atoms with Crippen LogP contribution in [0.2, 0.25) is 0 Å². The number of aromatic nitrogens is 5. The van der Waals surface area contributed by atoms with Crippen molar-refractivity contribution in [3.8, 4) is 28.6 Å². The molecule has 0 bridgehead atoms. The Morgan fingerprint density at radius 3 is 2.57 bits per heavy atom. The summed E-state index contributed by atoms with van der Waals surface area (Å²) in [6, 6.07) is 8.84. The van der Waals surface area contributed by atoms with Gasteiger partial charge in [-0.1, -0.05) is 6.07 Å². The minimum atomic E-state index is -0.262. The average Bonchev–Trinajstić information content (AvgIpc) is 2.94. The number of phenolic OH excluding ortho intramolecular Hbond substituents is 1. The number of benzene rings is 1. The molecule has 0 amide bonds. The first-order valence-corrected chi connectivity index (χ1v) is 9.33. The van der Waals surface area contributed by atoms with Gasteiger partial charge in [0.2, 0.25) is 5.88 Å². The molecule has 4 N–H and O–H groups in total. The SMILES string of the molecule is Cc1ccc(O)c(C)c1-n1c(=N)c2c(O)nc(-c3ccncc3)cc3[nH]cnc1c32. The maximum absolute atomic E-state index is 10.9. The lowest BCUT2D eigenvalue weighted by molar-refractivity contribution is 0.461. The van der Waals surface area contributed by atoms with E-state index in [0.717, 1.165) is 11.1 Å². The van der Waals surface area contributed by atoms with Crippen LogP contribution in [0, 0.1) is 19.3 Å². The lowest BCUT2D eigenvalue weighted by Crippen LogP contribution is -2.16. The Bertz CT molecular complexity index is 1500. The van der Waals surface area contributed by atoms with E-state index in [1.807, 2.05) is 13.0 Å². The molecule has 8 nitrogen and oxygen atoms in total. The molecule has 0 aliphatic carbocycles. The molecule has 0 saturated heterocycles. The maximum atomic E-state index is 10.9. The van der Waals surface area contributed by atoms with Gasteiger partial charge in [0.1, 0.15) is 11.2 Å². The summed E-state index contributed by atoms with van der Waals surface area (Å²) in [7, 11) is 0. The molecule has 1 aromatic carbocycles. The van der Waals surface area contributed by atoms with Gasteiger partial charge in [0, 0.05) is 23.5 Å². The van der Waals surface area contributed by atoms with E-state index in [9.17, 15) is 10.2 Å². The van der Waals surface area contributed by atoms with Crippen molar-refractivity contribution in [1.29, 1.82) is 5.41 Å². The number of hydrogen-bond donors (Lipinski definition) is 4. The van der Waals surface area contributed by atoms with E-state index >= 15 is 0 Å². The third-order valence-electron chi connectivity index (χ3n) is 5.36. The van der Waals surface area contributed by atoms with Gasteiger partial charge in [-0.2, -0.15) is 0 Å². The van der Waals surface area contributed by atoms with Gasteiger partial charge in [-0.25, -0.2) is 9.97 Å². The number of aromatic amines is 1. The van der Waals surface area contributed by atoms with Gasteiger partial charge in [0.05, 0.1) is 34.0 Å². The van der Waals surface area contributed by atoms with Crippen LogP contribution in [0.5, 0.6) is 11.6 Å². The number of phenols is 1. The van der Waals surface area contributed by atoms with E-state index in [-0.39, 0.29) is 22.5 Å². The Morgan fingerprint density at radius 1 is 1.03 bits per heavy atom. The second-order valence-corrected chi connectivity index (χ2v) is 7.15. The summed E-state index contributed by atoms with van der Waals surface area (Å²) in [4.78, 5) is 16.0. The monoisotopic (exact) mass is 398 g/mol. The minimum Gasteiger partial charge on any atom is -0.508 e. The van der Waals surface area contributed by atoms with Gasteiger partial charge in [0.15, 0.2) is 5.65 Å². The molecule has 0 spiro atoms. The highest BCUT2D eigenvalue weighted by molar-refractivity contribution is 6.08. The van der Waals surface area contributed by atoms with Crippen molar-refractivity contribution < 1.29 is 10.2 Å². The number of aromatic hydroxyl groups is 2. The van der Waals surface area contributed by atoms with Gasteiger partial charge >= 0.3 is 0 Å². The van der Waals surface area contributed by atoms with Crippen LogP contribution >= 0.6 is 0 Å². The van der Waals surface area contributed by atoms with E-state index in [1.54, 1.807) is 54.5 Å². The van der Waals surface area contributed by atoms with Crippen molar-refractivity contribution >= 4 is 21.9 Å². The van der Waals surface area contributed by atoms with Crippen LogP contribution in [0.4, 0.5) is 0 Å². The first kappa shape index (κ1) is 17.9. The number of hydrogen-bond acceptors (Lipinski definition) is 6. The van der Waals surface area contributed by atoms with Gasteiger partial charge in [-0.05, 0) is 43.7 Å². The predicted octanol–water partition coefficient (Wildman–Crippen LogP) is 3.47. The molecule has 0 atom stereocenters. The van der Waals surface area contributed by atoms with E-state index in [2.05, 4.69) is 19.9 Å². The van der Waals surface area contributed by atoms with E-state index in [1.165, 1.54) is 0 Å². The summed E-state index contributed by atoms with van der Waals surface area (Å²) < 4.78 is 1.64. The van der Waals surface area contributed by atoms with Crippen LogP contribution in [-0.2, 0) is 0 Å². The zero-order valence-electron chi connectivity index (χ0n) is 16.3. The molecule has 4 aromatic heterocycles. The van der Waals surface area contributed by atoms with Crippen LogP contribution in [-0.4, -0.2) is 34.7 Å². The highest BCUT2D eigenvalue weighted by Gasteiger charge is 2.21. The molecule has 0 aliphatic heterocycles. The zero-order chi connectivity index (χ0) is 21.0. The van der Waals surface area contributed by atoms with Crippen LogP contribution in [0.1, 0.15) is 11.1 Å². The fourth-order valence-corrected chi connectivity index (χ4v) is 3.90. The molecule has 4 heterocycles. The third kappa shape index (κ3) is 2.47. The lowest BCUT2D eigenvalue weighted by Gasteiger charge is -2.13. The molecule has 5 aromatic rings. The first-order chi connectivity index (χ1) is 14.5. The molecular weight excluding hydrogens is 380 g/mol. The molecule has 0 radical (unpaired) electrons. The molecule has 5 rings (SSSR count). The average molecular weight is 398 g/mol. The summed E-state index contributed by atoms with van der Waals surface area (Å²) in [5.74, 6) is -0.131. The predicted molar refractivity (Wildman–Crippen MR) is 113 cm³/mol. The maximum Gasteiger partial charge on any atom is 0.223 e. The van der Waals surface area contributed by atoms with Crippen molar-refractivity contribution in [2.45, 2.75) is 13.8 Å². The number of aryl methyl sites for hydroxylation is 1. The van der Waals surface area contributed by atoms with Crippen LogP contribution in [0.25, 0.3) is 38.9 Å². The second-order valence-electron chi connectivity index (χ2n) is 7.15. The van der Waals surface area contributed by atoms with E-state index in [0.29, 0.717) is 33.5 Å². The van der Waals surface area contributed by atoms with E-state index in [4.69, 9.17) is 5.41 Å². The van der Waals surface area contributed by atoms with Crippen LogP contribution in [0.3, 0.4) is 0 Å². The topological polar surface area (TPSA) is 124 Å². The fraction of sp³-hybridized carbons (Fsp3) is 0.0909. The van der Waals surface area contributed by atoms with Crippen LogP contribution < -0.4 is 5.49 Å². The van der Waals surface area contributed by atoms with Crippen molar-refractivity contribution in [3.63, 3.8) is 0 Å². The van der Waals surface area contributed by atoms with Gasteiger partial charge in [0.25, 0.3) is 0 Å². The van der Waals surface area contributed by atoms with Gasteiger partial charge in [-0.15, -0.1) is 0 Å². The Kier molecular flexibility index (Phi) is 3.82. The molecule has 0 fully saturated rings. The molecule has 0 unspecified atom stereocenters. The lowest BCUT2D eigenvalue weighted by atomic mass is 10.1. The Labute approximate surface area is 170 Å². The largest absolute Gasteiger partial charge is 0.508 e. The number of nitrogens with one attached hydrogen (secondary N) is 2. The fourth-order valence-electron chi connectivity index (χ4n) is 3.90. The highest BCUT2D eigenvalue weighted by atomic mass is 16.3. The second kappa shape index (κ2) is 6.41. The molecule has 148 valence electrons. The Morgan fingerprint density at radius 2 is 1.80 bits per heavy atom. The Balaban J connectivity index is 1.95. The van der Waals surface area contributed by atoms with Crippen LogP contribution in [0.15, 0.2) is 49.1 Å². The number of pyridine rings is 1. The number of H-pyrrole nitrogens is 1. The van der Waals surface area contributed by atoms with Gasteiger partial charge in [-0.3, -0.25) is 15.0 Å². The van der Waals surface area contributed by atoms with Crippen molar-refractivity contribution in [2.24, 2.45) is 0 Å². The van der Waals surface area contributed by atoms with Crippen molar-refractivity contribution in [2.75, 3.05) is 0 Å². The molecule has 30 heavy (non-hydrogen) atoms. The number of rotatable bonds is 2. The number of nitrogens with zero attached hydrogens (tertiary/aromatic N) is 4. The summed E-state index contributed by atoms with van der Waals surface area (Å²) >= 11 is 0. The zero-order valence-corrected chi connectivity index (χ0v) is 16.3. The normalized spacial score (nSPS) is 11.4. The Hall–Kier alpha value is -4.20. The highest BCUT2D eigenvalue weighted by Crippen LogP contribution is 2.34. The summed E-state index contributed by atoms with van der Waals surface area (Å²) in [5, 5.41) is 30.9. The van der Waals surface area contributed by atoms with Crippen molar-refractivity contribution in [1.82, 2.24) is 24.5 Å². The molecule has 8 heteroatoms. The van der Waals surface area contributed by atoms with Crippen molar-refractivity contribution in [3.05, 3.63) is 65.7 Å². The summed E-state index contributed by atoms with van der Waals surface area (Å²) in [6.45, 7) is 3.70. The molecular formula is C22H18N6O2. The van der Waals surface area contributed by atoms with Gasteiger partial charge < -0.3 is 15.2 Å². The quantitative estimate of drug-likeness (QED) is 0.362. The molecule has 0 aliphatic rings. The molecule has 0 saturated carbocycles.